The number of aromatic nitrogens is 3. The van der Waals surface area contributed by atoms with Gasteiger partial charge in [0.1, 0.15) is 23.6 Å². The van der Waals surface area contributed by atoms with Gasteiger partial charge in [-0.15, -0.1) is 0 Å². The van der Waals surface area contributed by atoms with E-state index in [1.54, 1.807) is 6.07 Å². The Hall–Kier alpha value is -2.47. The number of hydrogen-bond acceptors (Lipinski definition) is 4. The highest BCUT2D eigenvalue weighted by Crippen LogP contribution is 2.42. The molecule has 0 bridgehead atoms. The number of hydrogen-bond donors (Lipinski definition) is 2. The van der Waals surface area contributed by atoms with Crippen LogP contribution in [0.4, 0.5) is 10.2 Å². The molecule has 1 fully saturated rings. The van der Waals surface area contributed by atoms with E-state index in [0.29, 0.717) is 24.3 Å². The zero-order valence-electron chi connectivity index (χ0n) is 12.6. The fraction of sp³-hybridized carbons (Fsp3) is 0.294. The fourth-order valence-corrected chi connectivity index (χ4v) is 3.38. The number of fused-ring (bicyclic) bond motifs is 1. The van der Waals surface area contributed by atoms with Crippen molar-refractivity contribution < 1.29 is 4.39 Å². The second-order valence-corrected chi connectivity index (χ2v) is 6.14. The average Bonchev–Trinajstić information content (AvgIpc) is 2.87. The highest BCUT2D eigenvalue weighted by Gasteiger charge is 2.31. The molecule has 23 heavy (non-hydrogen) atoms. The van der Waals surface area contributed by atoms with Gasteiger partial charge in [-0.05, 0) is 43.0 Å². The van der Waals surface area contributed by atoms with Crippen LogP contribution >= 0.6 is 0 Å². The smallest absolute Gasteiger partial charge is 0.146 e. The number of halogens is 1. The van der Waals surface area contributed by atoms with Crippen LogP contribution in [0.1, 0.15) is 18.9 Å². The maximum absolute atomic E-state index is 13.6. The third kappa shape index (κ3) is 2.26. The molecule has 5 nitrogen and oxygen atoms in total. The fourth-order valence-electron chi connectivity index (χ4n) is 3.38. The molecule has 118 valence electrons. The van der Waals surface area contributed by atoms with Crippen molar-refractivity contribution in [2.75, 3.05) is 12.3 Å². The van der Waals surface area contributed by atoms with Crippen LogP contribution in [0.2, 0.25) is 0 Å². The second-order valence-electron chi connectivity index (χ2n) is 6.14. The minimum absolute atomic E-state index is 0.273. The van der Waals surface area contributed by atoms with E-state index in [2.05, 4.69) is 14.5 Å². The molecule has 0 radical (unpaired) electrons. The van der Waals surface area contributed by atoms with Crippen molar-refractivity contribution in [2.45, 2.75) is 18.9 Å². The van der Waals surface area contributed by atoms with E-state index in [1.165, 1.54) is 18.5 Å². The maximum Gasteiger partial charge on any atom is 0.146 e. The quantitative estimate of drug-likeness (QED) is 0.779. The van der Waals surface area contributed by atoms with E-state index >= 15 is 0 Å². The van der Waals surface area contributed by atoms with Crippen LogP contribution in [0.15, 0.2) is 36.8 Å². The lowest BCUT2D eigenvalue weighted by Gasteiger charge is -2.35. The number of rotatable bonds is 3. The molecule has 3 aromatic rings. The van der Waals surface area contributed by atoms with Crippen LogP contribution in [-0.4, -0.2) is 21.1 Å². The minimum Gasteiger partial charge on any atom is -0.383 e. The number of nitrogens with two attached hydrogens (primary N) is 2. The second kappa shape index (κ2) is 5.31. The number of nitrogen functional groups attached to an aromatic ring is 1. The van der Waals surface area contributed by atoms with Crippen LogP contribution in [0, 0.1) is 11.7 Å². The first-order valence-corrected chi connectivity index (χ1v) is 7.74. The van der Waals surface area contributed by atoms with Gasteiger partial charge in [-0.3, -0.25) is 0 Å². The molecule has 4 rings (SSSR count). The lowest BCUT2D eigenvalue weighted by atomic mass is 9.80. The van der Waals surface area contributed by atoms with Crippen molar-refractivity contribution in [3.63, 3.8) is 0 Å². The molecule has 6 heteroatoms. The van der Waals surface area contributed by atoms with Crippen molar-refractivity contribution in [3.05, 3.63) is 42.6 Å². The molecule has 1 aliphatic carbocycles. The summed E-state index contributed by atoms with van der Waals surface area (Å²) >= 11 is 0. The summed E-state index contributed by atoms with van der Waals surface area (Å²) in [6.07, 6.45) is 5.56. The van der Waals surface area contributed by atoms with Crippen molar-refractivity contribution in [1.82, 2.24) is 14.5 Å². The monoisotopic (exact) mass is 311 g/mol. The Labute approximate surface area is 133 Å². The predicted molar refractivity (Wildman–Crippen MR) is 88.1 cm³/mol. The molecule has 0 atom stereocenters. The van der Waals surface area contributed by atoms with Crippen molar-refractivity contribution in [2.24, 2.45) is 11.7 Å². The normalized spacial score (nSPS) is 20.6. The SMILES string of the molecule is NCC1CC(n2cc(-c3cccc(F)c3)c3c(N)ncnc32)C1. The van der Waals surface area contributed by atoms with E-state index in [9.17, 15) is 4.39 Å². The van der Waals surface area contributed by atoms with Crippen LogP contribution < -0.4 is 11.5 Å². The van der Waals surface area contributed by atoms with Crippen LogP contribution in [-0.2, 0) is 0 Å². The standard InChI is InChI=1S/C17H18FN5/c18-12-3-1-2-11(6-12)14-8-23(13-4-10(5-13)7-19)17-15(14)16(20)21-9-22-17/h1-3,6,8-10,13H,4-5,7,19H2,(H2,20,21,22). The Bertz CT molecular complexity index is 867. The molecule has 0 unspecified atom stereocenters. The molecular weight excluding hydrogens is 293 g/mol. The summed E-state index contributed by atoms with van der Waals surface area (Å²) in [6.45, 7) is 0.712. The summed E-state index contributed by atoms with van der Waals surface area (Å²) in [4.78, 5) is 8.51. The molecular formula is C17H18FN5. The van der Waals surface area contributed by atoms with Gasteiger partial charge in [0.05, 0.1) is 5.39 Å². The van der Waals surface area contributed by atoms with Crippen LogP contribution in [0.3, 0.4) is 0 Å². The molecule has 0 saturated heterocycles. The number of nitrogens with zero attached hydrogens (tertiary/aromatic N) is 3. The molecule has 0 spiro atoms. The lowest BCUT2D eigenvalue weighted by Crippen LogP contribution is -2.31. The summed E-state index contributed by atoms with van der Waals surface area (Å²) in [7, 11) is 0. The van der Waals surface area contributed by atoms with Gasteiger partial charge in [0.25, 0.3) is 0 Å². The molecule has 1 aliphatic rings. The Morgan fingerprint density at radius 1 is 1.26 bits per heavy atom. The average molecular weight is 311 g/mol. The largest absolute Gasteiger partial charge is 0.383 e. The van der Waals surface area contributed by atoms with Crippen LogP contribution in [0.25, 0.3) is 22.2 Å². The van der Waals surface area contributed by atoms with Crippen molar-refractivity contribution in [1.29, 1.82) is 0 Å². The summed E-state index contributed by atoms with van der Waals surface area (Å²) in [6, 6.07) is 6.87. The Balaban J connectivity index is 1.88. The summed E-state index contributed by atoms with van der Waals surface area (Å²) < 4.78 is 15.7. The highest BCUT2D eigenvalue weighted by molar-refractivity contribution is 6.00. The van der Waals surface area contributed by atoms with E-state index in [-0.39, 0.29) is 5.82 Å². The zero-order chi connectivity index (χ0) is 16.0. The highest BCUT2D eigenvalue weighted by atomic mass is 19.1. The van der Waals surface area contributed by atoms with Gasteiger partial charge < -0.3 is 16.0 Å². The van der Waals surface area contributed by atoms with Gasteiger partial charge in [0.2, 0.25) is 0 Å². The first kappa shape index (κ1) is 14.1. The van der Waals surface area contributed by atoms with Gasteiger partial charge in [0, 0.05) is 17.8 Å². The first-order chi connectivity index (χ1) is 11.2. The molecule has 2 heterocycles. The molecule has 2 aromatic heterocycles. The Morgan fingerprint density at radius 3 is 2.83 bits per heavy atom. The summed E-state index contributed by atoms with van der Waals surface area (Å²) in [5.74, 6) is 0.711. The number of anilines is 1. The van der Waals surface area contributed by atoms with E-state index in [4.69, 9.17) is 11.5 Å². The molecule has 4 N–H and O–H groups in total. The van der Waals surface area contributed by atoms with Crippen LogP contribution in [0.5, 0.6) is 0 Å². The Kier molecular flexibility index (Phi) is 3.27. The summed E-state index contributed by atoms with van der Waals surface area (Å²) in [5.41, 5.74) is 14.3. The van der Waals surface area contributed by atoms with Crippen molar-refractivity contribution >= 4 is 16.9 Å². The van der Waals surface area contributed by atoms with Crippen molar-refractivity contribution in [3.8, 4) is 11.1 Å². The molecule has 0 aliphatic heterocycles. The topological polar surface area (TPSA) is 82.8 Å². The van der Waals surface area contributed by atoms with E-state index in [1.807, 2.05) is 12.3 Å². The lowest BCUT2D eigenvalue weighted by molar-refractivity contribution is 0.209. The van der Waals surface area contributed by atoms with Gasteiger partial charge >= 0.3 is 0 Å². The predicted octanol–water partition coefficient (Wildman–Crippen LogP) is 2.73. The third-order valence-corrected chi connectivity index (χ3v) is 4.71. The summed E-state index contributed by atoms with van der Waals surface area (Å²) in [5, 5.41) is 0.786. The zero-order valence-corrected chi connectivity index (χ0v) is 12.6. The van der Waals surface area contributed by atoms with Gasteiger partial charge in [0.15, 0.2) is 0 Å². The first-order valence-electron chi connectivity index (χ1n) is 7.74. The molecule has 1 saturated carbocycles. The molecule has 1 aromatic carbocycles. The van der Waals surface area contributed by atoms with Gasteiger partial charge in [-0.25, -0.2) is 14.4 Å². The number of benzene rings is 1. The van der Waals surface area contributed by atoms with E-state index < -0.39 is 0 Å². The maximum atomic E-state index is 13.6. The van der Waals surface area contributed by atoms with Gasteiger partial charge in [-0.2, -0.15) is 0 Å². The Morgan fingerprint density at radius 2 is 2.09 bits per heavy atom. The molecule has 0 amide bonds. The van der Waals surface area contributed by atoms with Gasteiger partial charge in [-0.1, -0.05) is 12.1 Å². The third-order valence-electron chi connectivity index (χ3n) is 4.71. The van der Waals surface area contributed by atoms with E-state index in [0.717, 1.165) is 35.0 Å². The minimum atomic E-state index is -0.273.